The minimum Gasteiger partial charge on any atom is -0.495 e. The lowest BCUT2D eigenvalue weighted by atomic mass is 10.2. The van der Waals surface area contributed by atoms with Crippen LogP contribution in [-0.4, -0.2) is 19.1 Å². The Kier molecular flexibility index (Phi) is 5.28. The van der Waals surface area contributed by atoms with Crippen LogP contribution in [-0.2, 0) is 4.79 Å². The van der Waals surface area contributed by atoms with E-state index in [1.165, 1.54) is 7.11 Å². The van der Waals surface area contributed by atoms with Gasteiger partial charge in [-0.1, -0.05) is 29.3 Å². The fourth-order valence-corrected chi connectivity index (χ4v) is 2.12. The SMILES string of the molecule is COc1ccc(NC(=O)C(C)Oc2ccc(C)cc2)cc1Cl. The number of carbonyl (C=O) groups excluding carboxylic acids is 1. The summed E-state index contributed by atoms with van der Waals surface area (Å²) >= 11 is 6.03. The molecular formula is C17H18ClNO3. The Balaban J connectivity index is 1.99. The summed E-state index contributed by atoms with van der Waals surface area (Å²) in [6, 6.07) is 12.6. The molecule has 1 amide bonds. The predicted molar refractivity (Wildman–Crippen MR) is 87.9 cm³/mol. The van der Waals surface area contributed by atoms with Crippen molar-refractivity contribution in [1.82, 2.24) is 0 Å². The van der Waals surface area contributed by atoms with Crippen molar-refractivity contribution in [2.24, 2.45) is 0 Å². The van der Waals surface area contributed by atoms with Crippen LogP contribution in [0.1, 0.15) is 12.5 Å². The molecule has 2 aromatic rings. The Morgan fingerprint density at radius 3 is 2.45 bits per heavy atom. The van der Waals surface area contributed by atoms with Gasteiger partial charge in [-0.3, -0.25) is 4.79 Å². The number of carbonyl (C=O) groups is 1. The molecule has 4 nitrogen and oxygen atoms in total. The minimum atomic E-state index is -0.622. The zero-order chi connectivity index (χ0) is 16.1. The number of hydrogen-bond acceptors (Lipinski definition) is 3. The number of methoxy groups -OCH3 is 1. The predicted octanol–water partition coefficient (Wildman–Crippen LogP) is 4.06. The number of amides is 1. The van der Waals surface area contributed by atoms with E-state index in [4.69, 9.17) is 21.1 Å². The summed E-state index contributed by atoms with van der Waals surface area (Å²) in [5.74, 6) is 0.964. The van der Waals surface area contributed by atoms with Gasteiger partial charge in [0.05, 0.1) is 12.1 Å². The maximum atomic E-state index is 12.1. The van der Waals surface area contributed by atoms with Gasteiger partial charge in [0.2, 0.25) is 0 Å². The van der Waals surface area contributed by atoms with Gasteiger partial charge in [-0.05, 0) is 44.2 Å². The van der Waals surface area contributed by atoms with Crippen LogP contribution in [0, 0.1) is 6.92 Å². The maximum Gasteiger partial charge on any atom is 0.265 e. The average Bonchev–Trinajstić information content (AvgIpc) is 2.49. The summed E-state index contributed by atoms with van der Waals surface area (Å²) in [7, 11) is 1.54. The van der Waals surface area contributed by atoms with Crippen molar-refractivity contribution in [2.75, 3.05) is 12.4 Å². The molecule has 1 unspecified atom stereocenters. The normalized spacial score (nSPS) is 11.6. The molecule has 0 saturated heterocycles. The first-order valence-corrected chi connectivity index (χ1v) is 7.25. The second kappa shape index (κ2) is 7.18. The number of nitrogens with one attached hydrogen (secondary N) is 1. The Labute approximate surface area is 135 Å². The maximum absolute atomic E-state index is 12.1. The van der Waals surface area contributed by atoms with Crippen molar-refractivity contribution in [2.45, 2.75) is 20.0 Å². The quantitative estimate of drug-likeness (QED) is 0.904. The van der Waals surface area contributed by atoms with Crippen LogP contribution in [0.5, 0.6) is 11.5 Å². The zero-order valence-corrected chi connectivity index (χ0v) is 13.5. The molecule has 2 rings (SSSR count). The van der Waals surface area contributed by atoms with Crippen molar-refractivity contribution in [3.05, 3.63) is 53.1 Å². The lowest BCUT2D eigenvalue weighted by molar-refractivity contribution is -0.122. The van der Waals surface area contributed by atoms with Gasteiger partial charge in [-0.15, -0.1) is 0 Å². The van der Waals surface area contributed by atoms with Crippen molar-refractivity contribution >= 4 is 23.2 Å². The Morgan fingerprint density at radius 1 is 1.18 bits per heavy atom. The molecule has 1 N–H and O–H groups in total. The first-order valence-electron chi connectivity index (χ1n) is 6.87. The first-order chi connectivity index (χ1) is 10.5. The summed E-state index contributed by atoms with van der Waals surface area (Å²) < 4.78 is 10.7. The van der Waals surface area contributed by atoms with E-state index in [0.717, 1.165) is 5.56 Å². The molecule has 0 aliphatic rings. The summed E-state index contributed by atoms with van der Waals surface area (Å²) in [6.07, 6.45) is -0.622. The number of aryl methyl sites for hydroxylation is 1. The van der Waals surface area contributed by atoms with E-state index in [-0.39, 0.29) is 5.91 Å². The third-order valence-corrected chi connectivity index (χ3v) is 3.42. The first kappa shape index (κ1) is 16.2. The molecule has 0 spiro atoms. The van der Waals surface area contributed by atoms with Crippen molar-refractivity contribution in [3.63, 3.8) is 0 Å². The molecule has 2 aromatic carbocycles. The van der Waals surface area contributed by atoms with Gasteiger partial charge in [0.25, 0.3) is 5.91 Å². The second-order valence-corrected chi connectivity index (χ2v) is 5.32. The Bertz CT molecular complexity index is 655. The van der Waals surface area contributed by atoms with E-state index in [1.54, 1.807) is 25.1 Å². The lowest BCUT2D eigenvalue weighted by Crippen LogP contribution is -2.30. The van der Waals surface area contributed by atoms with Gasteiger partial charge < -0.3 is 14.8 Å². The average molecular weight is 320 g/mol. The monoisotopic (exact) mass is 319 g/mol. The standard InChI is InChI=1S/C17H18ClNO3/c1-11-4-7-14(8-5-11)22-12(2)17(20)19-13-6-9-16(21-3)15(18)10-13/h4-10,12H,1-3H3,(H,19,20). The molecule has 0 saturated carbocycles. The second-order valence-electron chi connectivity index (χ2n) is 4.91. The van der Waals surface area contributed by atoms with Gasteiger partial charge >= 0.3 is 0 Å². The van der Waals surface area contributed by atoms with Crippen LogP contribution in [0.2, 0.25) is 5.02 Å². The van der Waals surface area contributed by atoms with E-state index < -0.39 is 6.10 Å². The fraction of sp³-hybridized carbons (Fsp3) is 0.235. The third-order valence-electron chi connectivity index (χ3n) is 3.12. The molecule has 0 aliphatic heterocycles. The van der Waals surface area contributed by atoms with Gasteiger partial charge in [-0.25, -0.2) is 0 Å². The van der Waals surface area contributed by atoms with Crippen LogP contribution < -0.4 is 14.8 Å². The lowest BCUT2D eigenvalue weighted by Gasteiger charge is -2.15. The third kappa shape index (κ3) is 4.15. The number of halogens is 1. The zero-order valence-electron chi connectivity index (χ0n) is 12.7. The van der Waals surface area contributed by atoms with Crippen LogP contribution in [0.3, 0.4) is 0 Å². The molecular weight excluding hydrogens is 302 g/mol. The van der Waals surface area contributed by atoms with Crippen molar-refractivity contribution in [1.29, 1.82) is 0 Å². The summed E-state index contributed by atoms with van der Waals surface area (Å²) in [6.45, 7) is 3.69. The number of rotatable bonds is 5. The highest BCUT2D eigenvalue weighted by Crippen LogP contribution is 2.27. The molecule has 0 aliphatic carbocycles. The van der Waals surface area contributed by atoms with E-state index in [1.807, 2.05) is 31.2 Å². The molecule has 1 atom stereocenters. The van der Waals surface area contributed by atoms with E-state index in [0.29, 0.717) is 22.2 Å². The Hall–Kier alpha value is -2.20. The van der Waals surface area contributed by atoms with Gasteiger partial charge in [0, 0.05) is 5.69 Å². The van der Waals surface area contributed by atoms with E-state index in [9.17, 15) is 4.79 Å². The fourth-order valence-electron chi connectivity index (χ4n) is 1.86. The molecule has 116 valence electrons. The molecule has 0 radical (unpaired) electrons. The van der Waals surface area contributed by atoms with Crippen LogP contribution in [0.25, 0.3) is 0 Å². The Morgan fingerprint density at radius 2 is 1.86 bits per heavy atom. The smallest absolute Gasteiger partial charge is 0.265 e. The van der Waals surface area contributed by atoms with E-state index in [2.05, 4.69) is 5.32 Å². The van der Waals surface area contributed by atoms with Gasteiger partial charge in [0.15, 0.2) is 6.10 Å². The van der Waals surface area contributed by atoms with E-state index >= 15 is 0 Å². The largest absolute Gasteiger partial charge is 0.495 e. The van der Waals surface area contributed by atoms with Crippen LogP contribution >= 0.6 is 11.6 Å². The molecule has 0 aromatic heterocycles. The van der Waals surface area contributed by atoms with Crippen LogP contribution in [0.15, 0.2) is 42.5 Å². The number of benzene rings is 2. The number of anilines is 1. The minimum absolute atomic E-state index is 0.248. The molecule has 5 heteroatoms. The molecule has 22 heavy (non-hydrogen) atoms. The topological polar surface area (TPSA) is 47.6 Å². The van der Waals surface area contributed by atoms with Crippen LogP contribution in [0.4, 0.5) is 5.69 Å². The highest BCUT2D eigenvalue weighted by Gasteiger charge is 2.15. The molecule has 0 bridgehead atoms. The summed E-state index contributed by atoms with van der Waals surface area (Å²) in [5, 5.41) is 3.20. The summed E-state index contributed by atoms with van der Waals surface area (Å²) in [5.41, 5.74) is 1.73. The van der Waals surface area contributed by atoms with Gasteiger partial charge in [-0.2, -0.15) is 0 Å². The molecule has 0 fully saturated rings. The summed E-state index contributed by atoms with van der Waals surface area (Å²) in [4.78, 5) is 12.1. The van der Waals surface area contributed by atoms with Crippen molar-refractivity contribution < 1.29 is 14.3 Å². The van der Waals surface area contributed by atoms with Crippen molar-refractivity contribution in [3.8, 4) is 11.5 Å². The highest BCUT2D eigenvalue weighted by molar-refractivity contribution is 6.32. The highest BCUT2D eigenvalue weighted by atomic mass is 35.5. The number of hydrogen-bond donors (Lipinski definition) is 1. The van der Waals surface area contributed by atoms with Gasteiger partial charge in [0.1, 0.15) is 11.5 Å². The number of ether oxygens (including phenoxy) is 2. The molecule has 0 heterocycles.